The Morgan fingerprint density at radius 1 is 1.33 bits per heavy atom. The van der Waals surface area contributed by atoms with E-state index in [0.717, 1.165) is 16.5 Å². The minimum absolute atomic E-state index is 0.0234. The Labute approximate surface area is 87.2 Å². The molecule has 15 heavy (non-hydrogen) atoms. The van der Waals surface area contributed by atoms with Gasteiger partial charge in [0.2, 0.25) is 0 Å². The smallest absolute Gasteiger partial charge is 0.251 e. The summed E-state index contributed by atoms with van der Waals surface area (Å²) in [6.45, 7) is 1.88. The summed E-state index contributed by atoms with van der Waals surface area (Å²) in [5.41, 5.74) is 2.36. The molecule has 0 radical (unpaired) electrons. The summed E-state index contributed by atoms with van der Waals surface area (Å²) < 4.78 is 1.59. The predicted octanol–water partition coefficient (Wildman–Crippen LogP) is 1.72. The van der Waals surface area contributed by atoms with Crippen molar-refractivity contribution < 1.29 is 0 Å². The first-order valence-electron chi connectivity index (χ1n) is 4.64. The minimum Gasteiger partial charge on any atom is -0.311 e. The van der Waals surface area contributed by atoms with Crippen molar-refractivity contribution in [1.29, 1.82) is 5.26 Å². The van der Waals surface area contributed by atoms with Crippen LogP contribution in [0.4, 0.5) is 0 Å². The fourth-order valence-corrected chi connectivity index (χ4v) is 1.69. The number of hydrogen-bond donors (Lipinski definition) is 0. The van der Waals surface area contributed by atoms with E-state index in [1.807, 2.05) is 19.1 Å². The summed E-state index contributed by atoms with van der Waals surface area (Å²) in [5, 5.41) is 9.75. The van der Waals surface area contributed by atoms with Gasteiger partial charge < -0.3 is 4.57 Å². The Morgan fingerprint density at radius 3 is 2.73 bits per heavy atom. The summed E-state index contributed by atoms with van der Waals surface area (Å²) in [6.07, 6.45) is 0. The van der Waals surface area contributed by atoms with Gasteiger partial charge in [0.15, 0.2) is 0 Å². The van der Waals surface area contributed by atoms with Crippen molar-refractivity contribution in [2.24, 2.45) is 7.05 Å². The molecule has 0 atom stereocenters. The highest BCUT2D eigenvalue weighted by Gasteiger charge is 2.03. The largest absolute Gasteiger partial charge is 0.311 e. The number of aryl methyl sites for hydroxylation is 2. The van der Waals surface area contributed by atoms with Crippen LogP contribution in [0.5, 0.6) is 0 Å². The molecule has 0 spiro atoms. The lowest BCUT2D eigenvalue weighted by atomic mass is 10.1. The number of rotatable bonds is 0. The van der Waals surface area contributed by atoms with Crippen molar-refractivity contribution >= 4 is 10.9 Å². The van der Waals surface area contributed by atoms with Gasteiger partial charge in [-0.2, -0.15) is 5.26 Å². The van der Waals surface area contributed by atoms with Crippen molar-refractivity contribution in [2.75, 3.05) is 0 Å². The fraction of sp³-hybridized carbons (Fsp3) is 0.167. The molecule has 74 valence electrons. The highest BCUT2D eigenvalue weighted by molar-refractivity contribution is 5.83. The lowest BCUT2D eigenvalue weighted by Gasteiger charge is -2.06. The van der Waals surface area contributed by atoms with Gasteiger partial charge in [0, 0.05) is 18.5 Å². The Hall–Kier alpha value is -2.08. The Balaban J connectivity index is 2.98. The molecule has 1 aromatic heterocycles. The molecular formula is C12H10N2O. The second-order valence-corrected chi connectivity index (χ2v) is 3.57. The maximum absolute atomic E-state index is 11.5. The van der Waals surface area contributed by atoms with Crippen LogP contribution in [0.1, 0.15) is 11.1 Å². The quantitative estimate of drug-likeness (QED) is 0.647. The lowest BCUT2D eigenvalue weighted by Crippen LogP contribution is -2.16. The fourth-order valence-electron chi connectivity index (χ4n) is 1.69. The van der Waals surface area contributed by atoms with E-state index in [4.69, 9.17) is 5.26 Å². The van der Waals surface area contributed by atoms with Gasteiger partial charge in [-0.3, -0.25) is 4.79 Å². The molecule has 2 rings (SSSR count). The molecular weight excluding hydrogens is 188 g/mol. The van der Waals surface area contributed by atoms with Crippen LogP contribution < -0.4 is 5.56 Å². The molecule has 0 aliphatic rings. The first-order valence-corrected chi connectivity index (χ1v) is 4.64. The summed E-state index contributed by atoms with van der Waals surface area (Å²) >= 11 is 0. The number of nitriles is 1. The maximum Gasteiger partial charge on any atom is 0.251 e. The van der Waals surface area contributed by atoms with E-state index in [2.05, 4.69) is 6.07 Å². The van der Waals surface area contributed by atoms with Crippen LogP contribution in [0, 0.1) is 18.3 Å². The molecule has 0 saturated carbocycles. The third-order valence-corrected chi connectivity index (χ3v) is 2.58. The average Bonchev–Trinajstić information content (AvgIpc) is 2.25. The van der Waals surface area contributed by atoms with Gasteiger partial charge in [0.05, 0.1) is 17.1 Å². The zero-order valence-electron chi connectivity index (χ0n) is 8.61. The number of aromatic nitrogens is 1. The van der Waals surface area contributed by atoms with Crippen molar-refractivity contribution in [3.63, 3.8) is 0 Å². The molecule has 0 N–H and O–H groups in total. The van der Waals surface area contributed by atoms with Gasteiger partial charge in [0.1, 0.15) is 0 Å². The molecule has 1 aromatic carbocycles. The van der Waals surface area contributed by atoms with E-state index >= 15 is 0 Å². The van der Waals surface area contributed by atoms with Crippen LogP contribution in [0.3, 0.4) is 0 Å². The molecule has 2 aromatic rings. The van der Waals surface area contributed by atoms with Crippen molar-refractivity contribution in [3.8, 4) is 6.07 Å². The monoisotopic (exact) mass is 198 g/mol. The Kier molecular flexibility index (Phi) is 2.05. The van der Waals surface area contributed by atoms with E-state index in [-0.39, 0.29) is 5.56 Å². The number of benzene rings is 1. The van der Waals surface area contributed by atoms with Crippen LogP contribution in [0.25, 0.3) is 10.9 Å². The van der Waals surface area contributed by atoms with Gasteiger partial charge in [-0.25, -0.2) is 0 Å². The van der Waals surface area contributed by atoms with Crippen LogP contribution in [-0.2, 0) is 7.05 Å². The van der Waals surface area contributed by atoms with E-state index in [9.17, 15) is 4.79 Å². The van der Waals surface area contributed by atoms with Crippen LogP contribution >= 0.6 is 0 Å². The minimum atomic E-state index is -0.0234. The van der Waals surface area contributed by atoms with Crippen LogP contribution in [0.15, 0.2) is 29.1 Å². The average molecular weight is 198 g/mol. The molecule has 0 aliphatic heterocycles. The van der Waals surface area contributed by atoms with Crippen LogP contribution in [0.2, 0.25) is 0 Å². The first kappa shape index (κ1) is 9.47. The SMILES string of the molecule is Cc1cc(=O)n(C)c2ccc(C#N)cc12. The van der Waals surface area contributed by atoms with Gasteiger partial charge in [-0.1, -0.05) is 0 Å². The first-order chi connectivity index (χ1) is 7.13. The zero-order chi connectivity index (χ0) is 11.0. The van der Waals surface area contributed by atoms with Crippen molar-refractivity contribution in [1.82, 2.24) is 4.57 Å². The summed E-state index contributed by atoms with van der Waals surface area (Å²) in [4.78, 5) is 11.5. The topological polar surface area (TPSA) is 45.8 Å². The maximum atomic E-state index is 11.5. The van der Waals surface area contributed by atoms with Crippen LogP contribution in [-0.4, -0.2) is 4.57 Å². The van der Waals surface area contributed by atoms with Gasteiger partial charge in [0.25, 0.3) is 5.56 Å². The third kappa shape index (κ3) is 1.40. The van der Waals surface area contributed by atoms with Gasteiger partial charge >= 0.3 is 0 Å². The summed E-state index contributed by atoms with van der Waals surface area (Å²) in [5.74, 6) is 0. The lowest BCUT2D eigenvalue weighted by molar-refractivity contribution is 0.903. The second-order valence-electron chi connectivity index (χ2n) is 3.57. The standard InChI is InChI=1S/C12H10N2O/c1-8-5-12(15)14(2)11-4-3-9(7-13)6-10(8)11/h3-6H,1-2H3. The highest BCUT2D eigenvalue weighted by Crippen LogP contribution is 2.17. The number of hydrogen-bond acceptors (Lipinski definition) is 2. The Bertz CT molecular complexity index is 632. The Morgan fingerprint density at radius 2 is 2.07 bits per heavy atom. The predicted molar refractivity (Wildman–Crippen MR) is 58.6 cm³/mol. The van der Waals surface area contributed by atoms with E-state index < -0.39 is 0 Å². The number of pyridine rings is 1. The molecule has 1 heterocycles. The van der Waals surface area contributed by atoms with Gasteiger partial charge in [-0.15, -0.1) is 0 Å². The molecule has 0 aliphatic carbocycles. The van der Waals surface area contributed by atoms with Gasteiger partial charge in [-0.05, 0) is 30.7 Å². The zero-order valence-corrected chi connectivity index (χ0v) is 8.61. The molecule has 0 amide bonds. The van der Waals surface area contributed by atoms with E-state index in [0.29, 0.717) is 5.56 Å². The molecule has 3 heteroatoms. The molecule has 0 bridgehead atoms. The normalized spacial score (nSPS) is 10.2. The van der Waals surface area contributed by atoms with Crippen molar-refractivity contribution in [2.45, 2.75) is 6.92 Å². The third-order valence-electron chi connectivity index (χ3n) is 2.58. The molecule has 0 saturated heterocycles. The van der Waals surface area contributed by atoms with E-state index in [1.165, 1.54) is 0 Å². The molecule has 0 unspecified atom stereocenters. The van der Waals surface area contributed by atoms with Crippen molar-refractivity contribution in [3.05, 3.63) is 45.7 Å². The number of nitrogens with zero attached hydrogens (tertiary/aromatic N) is 2. The summed E-state index contributed by atoms with van der Waals surface area (Å²) in [6, 6.07) is 9.02. The molecule has 3 nitrogen and oxygen atoms in total. The summed E-state index contributed by atoms with van der Waals surface area (Å²) in [7, 11) is 1.73. The second kappa shape index (κ2) is 3.25. The molecule has 0 fully saturated rings. The van der Waals surface area contributed by atoms with E-state index in [1.54, 1.807) is 23.7 Å². The highest BCUT2D eigenvalue weighted by atomic mass is 16.1. The number of fused-ring (bicyclic) bond motifs is 1.